The molecule has 4 N–H and O–H groups in total. The maximum absolute atomic E-state index is 11.9. The van der Waals surface area contributed by atoms with Crippen molar-refractivity contribution in [3.05, 3.63) is 58.6 Å². The van der Waals surface area contributed by atoms with Gasteiger partial charge in [-0.1, -0.05) is 42.0 Å². The fourth-order valence-corrected chi connectivity index (χ4v) is 2.02. The summed E-state index contributed by atoms with van der Waals surface area (Å²) in [5.74, 6) is 0. The third-order valence-electron chi connectivity index (χ3n) is 2.83. The van der Waals surface area contributed by atoms with Crippen LogP contribution < -0.4 is 16.4 Å². The molecule has 0 aliphatic heterocycles. The Bertz CT molecular complexity index is 703. The van der Waals surface area contributed by atoms with E-state index < -0.39 is 0 Å². The first-order chi connectivity index (χ1) is 9.95. The Morgan fingerprint density at radius 3 is 2.43 bits per heavy atom. The number of hydrogen-bond donors (Lipinski definition) is 3. The minimum Gasteiger partial charge on any atom is -0.389 e. The highest BCUT2D eigenvalue weighted by molar-refractivity contribution is 7.80. The Morgan fingerprint density at radius 2 is 1.81 bits per heavy atom. The summed E-state index contributed by atoms with van der Waals surface area (Å²) in [4.78, 5) is 12.2. The summed E-state index contributed by atoms with van der Waals surface area (Å²) in [5.41, 5.74) is 8.43. The van der Waals surface area contributed by atoms with E-state index in [1.165, 1.54) is 0 Å². The van der Waals surface area contributed by atoms with E-state index >= 15 is 0 Å². The van der Waals surface area contributed by atoms with Gasteiger partial charge in [0.25, 0.3) is 0 Å². The normalized spacial score (nSPS) is 10.0. The van der Waals surface area contributed by atoms with Crippen LogP contribution in [-0.4, -0.2) is 11.0 Å². The first-order valence-electron chi connectivity index (χ1n) is 6.20. The average molecular weight is 320 g/mol. The molecule has 0 fully saturated rings. The van der Waals surface area contributed by atoms with Gasteiger partial charge in [0, 0.05) is 22.0 Å². The van der Waals surface area contributed by atoms with Gasteiger partial charge in [0.2, 0.25) is 0 Å². The second-order valence-corrected chi connectivity index (χ2v) is 5.34. The molecule has 0 saturated carbocycles. The standard InChI is InChI=1S/C15H14ClN3OS/c1-9-5-6-12(8-13(9)16)19-15(20)18-11-4-2-3-10(7-11)14(17)21/h2-8H,1H3,(H2,17,21)(H2,18,19,20). The number of carbonyl (C=O) groups excluding carboxylic acids is 1. The molecule has 0 aromatic heterocycles. The van der Waals surface area contributed by atoms with E-state index in [0.29, 0.717) is 22.0 Å². The van der Waals surface area contributed by atoms with E-state index in [4.69, 9.17) is 29.6 Å². The molecule has 0 radical (unpaired) electrons. The summed E-state index contributed by atoms with van der Waals surface area (Å²) in [6.45, 7) is 1.90. The van der Waals surface area contributed by atoms with Crippen LogP contribution in [0.25, 0.3) is 0 Å². The van der Waals surface area contributed by atoms with E-state index in [-0.39, 0.29) is 11.0 Å². The fourth-order valence-electron chi connectivity index (χ4n) is 1.71. The Labute approximate surface area is 133 Å². The average Bonchev–Trinajstić information content (AvgIpc) is 2.43. The lowest BCUT2D eigenvalue weighted by molar-refractivity contribution is 0.262. The predicted molar refractivity (Wildman–Crippen MR) is 91.2 cm³/mol. The van der Waals surface area contributed by atoms with Crippen molar-refractivity contribution >= 4 is 46.2 Å². The minimum absolute atomic E-state index is 0.282. The fraction of sp³-hybridized carbons (Fsp3) is 0.0667. The van der Waals surface area contributed by atoms with Gasteiger partial charge in [0.05, 0.1) is 0 Å². The largest absolute Gasteiger partial charge is 0.389 e. The molecular formula is C15H14ClN3OS. The smallest absolute Gasteiger partial charge is 0.323 e. The van der Waals surface area contributed by atoms with Gasteiger partial charge in [-0.25, -0.2) is 4.79 Å². The van der Waals surface area contributed by atoms with E-state index in [9.17, 15) is 4.79 Å². The molecule has 0 spiro atoms. The van der Waals surface area contributed by atoms with Crippen LogP contribution in [0.2, 0.25) is 5.02 Å². The van der Waals surface area contributed by atoms with Gasteiger partial charge in [-0.2, -0.15) is 0 Å². The number of benzene rings is 2. The molecule has 0 heterocycles. The van der Waals surface area contributed by atoms with E-state index in [0.717, 1.165) is 5.56 Å². The Balaban J connectivity index is 2.06. The molecule has 0 bridgehead atoms. The summed E-state index contributed by atoms with van der Waals surface area (Å²) in [6.07, 6.45) is 0. The zero-order valence-electron chi connectivity index (χ0n) is 11.3. The third kappa shape index (κ3) is 4.18. The first-order valence-corrected chi connectivity index (χ1v) is 6.98. The molecule has 0 aliphatic carbocycles. The second kappa shape index (κ2) is 6.56. The molecule has 2 rings (SSSR count). The molecule has 2 aromatic carbocycles. The minimum atomic E-state index is -0.366. The number of carbonyl (C=O) groups is 1. The SMILES string of the molecule is Cc1ccc(NC(=O)Nc2cccc(C(N)=S)c2)cc1Cl. The second-order valence-electron chi connectivity index (χ2n) is 4.49. The lowest BCUT2D eigenvalue weighted by Crippen LogP contribution is -2.20. The number of halogens is 1. The van der Waals surface area contributed by atoms with Crippen LogP contribution in [0.5, 0.6) is 0 Å². The van der Waals surface area contributed by atoms with Gasteiger partial charge in [-0.15, -0.1) is 0 Å². The van der Waals surface area contributed by atoms with Crippen LogP contribution in [0.4, 0.5) is 16.2 Å². The predicted octanol–water partition coefficient (Wildman–Crippen LogP) is 3.93. The molecule has 21 heavy (non-hydrogen) atoms. The third-order valence-corrected chi connectivity index (χ3v) is 3.48. The summed E-state index contributed by atoms with van der Waals surface area (Å²) < 4.78 is 0. The highest BCUT2D eigenvalue weighted by atomic mass is 35.5. The van der Waals surface area contributed by atoms with Crippen LogP contribution in [0.15, 0.2) is 42.5 Å². The van der Waals surface area contributed by atoms with Gasteiger partial charge in [0.1, 0.15) is 4.99 Å². The molecule has 4 nitrogen and oxygen atoms in total. The number of hydrogen-bond acceptors (Lipinski definition) is 2. The number of amides is 2. The van der Waals surface area contributed by atoms with Crippen molar-refractivity contribution in [2.75, 3.05) is 10.6 Å². The molecule has 2 amide bonds. The highest BCUT2D eigenvalue weighted by Crippen LogP contribution is 2.20. The van der Waals surface area contributed by atoms with Crippen molar-refractivity contribution in [3.8, 4) is 0 Å². The molecule has 0 saturated heterocycles. The molecular weight excluding hydrogens is 306 g/mol. The van der Waals surface area contributed by atoms with Crippen molar-refractivity contribution < 1.29 is 4.79 Å². The lowest BCUT2D eigenvalue weighted by atomic mass is 10.2. The molecule has 6 heteroatoms. The van der Waals surface area contributed by atoms with Gasteiger partial charge >= 0.3 is 6.03 Å². The number of nitrogens with two attached hydrogens (primary N) is 1. The van der Waals surface area contributed by atoms with Crippen LogP contribution in [0.3, 0.4) is 0 Å². The lowest BCUT2D eigenvalue weighted by Gasteiger charge is -2.09. The maximum Gasteiger partial charge on any atom is 0.323 e. The molecule has 108 valence electrons. The monoisotopic (exact) mass is 319 g/mol. The van der Waals surface area contributed by atoms with E-state index in [2.05, 4.69) is 10.6 Å². The zero-order chi connectivity index (χ0) is 15.4. The molecule has 0 unspecified atom stereocenters. The van der Waals surface area contributed by atoms with Crippen molar-refractivity contribution in [2.24, 2.45) is 5.73 Å². The summed E-state index contributed by atoms with van der Waals surface area (Å²) in [5, 5.41) is 6.02. The maximum atomic E-state index is 11.9. The number of urea groups is 1. The Kier molecular flexibility index (Phi) is 4.77. The van der Waals surface area contributed by atoms with E-state index in [1.54, 1.807) is 36.4 Å². The number of thiocarbonyl (C=S) groups is 1. The Morgan fingerprint density at radius 1 is 1.14 bits per heavy atom. The number of nitrogens with one attached hydrogen (secondary N) is 2. The van der Waals surface area contributed by atoms with Gasteiger partial charge in [0.15, 0.2) is 0 Å². The van der Waals surface area contributed by atoms with Gasteiger partial charge < -0.3 is 16.4 Å². The topological polar surface area (TPSA) is 67.2 Å². The first kappa shape index (κ1) is 15.3. The van der Waals surface area contributed by atoms with Crippen molar-refractivity contribution in [1.82, 2.24) is 0 Å². The van der Waals surface area contributed by atoms with Gasteiger partial charge in [-0.05, 0) is 36.8 Å². The zero-order valence-corrected chi connectivity index (χ0v) is 12.9. The van der Waals surface area contributed by atoms with Crippen LogP contribution >= 0.6 is 23.8 Å². The van der Waals surface area contributed by atoms with Crippen molar-refractivity contribution in [1.29, 1.82) is 0 Å². The number of aryl methyl sites for hydroxylation is 1. The quantitative estimate of drug-likeness (QED) is 0.751. The molecule has 0 atom stereocenters. The van der Waals surface area contributed by atoms with E-state index in [1.807, 2.05) is 13.0 Å². The highest BCUT2D eigenvalue weighted by Gasteiger charge is 2.05. The van der Waals surface area contributed by atoms with Crippen molar-refractivity contribution in [2.45, 2.75) is 6.92 Å². The summed E-state index contributed by atoms with van der Waals surface area (Å²) in [6, 6.07) is 12.0. The molecule has 2 aromatic rings. The summed E-state index contributed by atoms with van der Waals surface area (Å²) >= 11 is 10.9. The van der Waals surface area contributed by atoms with Crippen LogP contribution in [0, 0.1) is 6.92 Å². The van der Waals surface area contributed by atoms with Crippen LogP contribution in [0.1, 0.15) is 11.1 Å². The molecule has 0 aliphatic rings. The number of rotatable bonds is 3. The number of anilines is 2. The van der Waals surface area contributed by atoms with Crippen LogP contribution in [-0.2, 0) is 0 Å². The van der Waals surface area contributed by atoms with Crippen molar-refractivity contribution in [3.63, 3.8) is 0 Å². The summed E-state index contributed by atoms with van der Waals surface area (Å²) in [7, 11) is 0. The van der Waals surface area contributed by atoms with Gasteiger partial charge in [-0.3, -0.25) is 0 Å². The Hall–Kier alpha value is -2.11.